The Morgan fingerprint density at radius 1 is 1.53 bits per heavy atom. The minimum absolute atomic E-state index is 0.283. The molecule has 1 aromatic carbocycles. The average Bonchev–Trinajstić information content (AvgIpc) is 2.20. The number of halogens is 2. The summed E-state index contributed by atoms with van der Waals surface area (Å²) in [5, 5.41) is 3.06. The summed E-state index contributed by atoms with van der Waals surface area (Å²) in [6.45, 7) is 3.53. The van der Waals surface area contributed by atoms with Gasteiger partial charge in [0.2, 0.25) is 0 Å². The van der Waals surface area contributed by atoms with Crippen LogP contribution >= 0.6 is 15.9 Å². The fourth-order valence-electron chi connectivity index (χ4n) is 1.23. The summed E-state index contributed by atoms with van der Waals surface area (Å²) in [4.78, 5) is 0. The summed E-state index contributed by atoms with van der Waals surface area (Å²) >= 11 is 3.31. The van der Waals surface area contributed by atoms with Gasteiger partial charge in [-0.25, -0.2) is 4.39 Å². The van der Waals surface area contributed by atoms with Crippen molar-refractivity contribution in [3.63, 3.8) is 0 Å². The van der Waals surface area contributed by atoms with Gasteiger partial charge in [0.05, 0.1) is 11.1 Å². The molecule has 0 heterocycles. The fourth-order valence-corrected chi connectivity index (χ4v) is 1.59. The second-order valence-electron chi connectivity index (χ2n) is 3.55. The van der Waals surface area contributed by atoms with Crippen LogP contribution < -0.4 is 10.1 Å². The van der Waals surface area contributed by atoms with Crippen molar-refractivity contribution in [3.8, 4) is 5.75 Å². The summed E-state index contributed by atoms with van der Waals surface area (Å²) in [5.74, 6) is 0.664. The van der Waals surface area contributed by atoms with Crippen LogP contribution in [0.4, 0.5) is 4.39 Å². The third kappa shape index (κ3) is 4.18. The summed E-state index contributed by atoms with van der Waals surface area (Å²) < 4.78 is 19.2. The van der Waals surface area contributed by atoms with Crippen LogP contribution in [0.3, 0.4) is 0 Å². The summed E-state index contributed by atoms with van der Waals surface area (Å²) in [7, 11) is 1.90. The van der Waals surface area contributed by atoms with E-state index in [1.165, 1.54) is 12.1 Å². The Hall–Kier alpha value is -0.610. The van der Waals surface area contributed by atoms with Gasteiger partial charge < -0.3 is 10.1 Å². The van der Waals surface area contributed by atoms with Crippen LogP contribution in [0.5, 0.6) is 5.75 Å². The predicted molar refractivity (Wildman–Crippen MR) is 62.7 cm³/mol. The van der Waals surface area contributed by atoms with E-state index in [4.69, 9.17) is 4.74 Å². The van der Waals surface area contributed by atoms with Gasteiger partial charge in [0.15, 0.2) is 0 Å². The maximum atomic E-state index is 12.9. The highest BCUT2D eigenvalue weighted by Crippen LogP contribution is 2.25. The first-order chi connectivity index (χ1) is 7.13. The second-order valence-corrected chi connectivity index (χ2v) is 4.40. The lowest BCUT2D eigenvalue weighted by atomic mass is 10.2. The van der Waals surface area contributed by atoms with Crippen molar-refractivity contribution in [1.29, 1.82) is 0 Å². The molecule has 0 spiro atoms. The largest absolute Gasteiger partial charge is 0.492 e. The summed E-state index contributed by atoms with van der Waals surface area (Å²) in [6, 6.07) is 4.43. The molecule has 0 saturated carbocycles. The molecule has 0 aliphatic rings. The Morgan fingerprint density at radius 3 is 2.93 bits per heavy atom. The van der Waals surface area contributed by atoms with Crippen molar-refractivity contribution in [1.82, 2.24) is 5.32 Å². The lowest BCUT2D eigenvalue weighted by Crippen LogP contribution is -2.21. The fraction of sp³-hybridized carbons (Fsp3) is 0.455. The maximum absolute atomic E-state index is 12.9. The minimum atomic E-state index is -0.283. The lowest BCUT2D eigenvalue weighted by Gasteiger charge is -2.13. The Kier molecular flexibility index (Phi) is 5.05. The highest BCUT2D eigenvalue weighted by Gasteiger charge is 2.05. The monoisotopic (exact) mass is 275 g/mol. The van der Waals surface area contributed by atoms with Gasteiger partial charge in [-0.3, -0.25) is 0 Å². The van der Waals surface area contributed by atoms with Crippen molar-refractivity contribution < 1.29 is 9.13 Å². The predicted octanol–water partition coefficient (Wildman–Crippen LogP) is 2.82. The molecule has 1 atom stereocenters. The van der Waals surface area contributed by atoms with Crippen LogP contribution in [0.25, 0.3) is 0 Å². The minimum Gasteiger partial charge on any atom is -0.492 e. The second kappa shape index (κ2) is 6.08. The third-order valence-corrected chi connectivity index (χ3v) is 2.62. The van der Waals surface area contributed by atoms with Crippen LogP contribution in [0.1, 0.15) is 6.92 Å². The van der Waals surface area contributed by atoms with Crippen LogP contribution in [-0.4, -0.2) is 20.2 Å². The topological polar surface area (TPSA) is 21.3 Å². The molecule has 1 unspecified atom stereocenters. The Balaban J connectivity index is 2.53. The molecular formula is C11H15BrFNO. The van der Waals surface area contributed by atoms with Gasteiger partial charge in [0.1, 0.15) is 11.6 Å². The van der Waals surface area contributed by atoms with Crippen molar-refractivity contribution in [2.45, 2.75) is 6.92 Å². The average molecular weight is 276 g/mol. The van der Waals surface area contributed by atoms with Gasteiger partial charge >= 0.3 is 0 Å². The van der Waals surface area contributed by atoms with E-state index in [1.54, 1.807) is 6.07 Å². The number of hydrogen-bond donors (Lipinski definition) is 1. The molecule has 0 saturated heterocycles. The smallest absolute Gasteiger partial charge is 0.136 e. The van der Waals surface area contributed by atoms with Gasteiger partial charge in [-0.15, -0.1) is 0 Å². The van der Waals surface area contributed by atoms with Gasteiger partial charge in [-0.05, 0) is 35.1 Å². The van der Waals surface area contributed by atoms with E-state index in [-0.39, 0.29) is 5.82 Å². The lowest BCUT2D eigenvalue weighted by molar-refractivity contribution is 0.255. The molecular weight excluding hydrogens is 261 g/mol. The zero-order valence-electron chi connectivity index (χ0n) is 8.89. The third-order valence-electron chi connectivity index (χ3n) is 1.97. The van der Waals surface area contributed by atoms with Crippen molar-refractivity contribution >= 4 is 15.9 Å². The van der Waals surface area contributed by atoms with Gasteiger partial charge in [-0.2, -0.15) is 0 Å². The molecule has 15 heavy (non-hydrogen) atoms. The van der Waals surface area contributed by atoms with Crippen LogP contribution in [0.15, 0.2) is 22.7 Å². The highest BCUT2D eigenvalue weighted by atomic mass is 79.9. The zero-order chi connectivity index (χ0) is 11.3. The molecule has 0 aromatic heterocycles. The van der Waals surface area contributed by atoms with Crippen LogP contribution in [0.2, 0.25) is 0 Å². The molecule has 0 fully saturated rings. The quantitative estimate of drug-likeness (QED) is 0.893. The first-order valence-corrected chi connectivity index (χ1v) is 5.65. The van der Waals surface area contributed by atoms with E-state index in [9.17, 15) is 4.39 Å². The molecule has 0 amide bonds. The molecule has 1 aromatic rings. The van der Waals surface area contributed by atoms with Gasteiger partial charge in [0, 0.05) is 18.5 Å². The number of hydrogen-bond acceptors (Lipinski definition) is 2. The Bertz CT molecular complexity index is 319. The van der Waals surface area contributed by atoms with E-state index in [0.29, 0.717) is 18.3 Å². The number of rotatable bonds is 5. The molecule has 0 aliphatic heterocycles. The first kappa shape index (κ1) is 12.5. The van der Waals surface area contributed by atoms with E-state index in [0.717, 1.165) is 11.0 Å². The normalized spacial score (nSPS) is 12.5. The molecule has 0 bridgehead atoms. The van der Waals surface area contributed by atoms with Crippen molar-refractivity contribution in [2.75, 3.05) is 20.2 Å². The van der Waals surface area contributed by atoms with E-state index in [2.05, 4.69) is 28.2 Å². The number of benzene rings is 1. The first-order valence-electron chi connectivity index (χ1n) is 4.86. The molecule has 0 radical (unpaired) electrons. The molecule has 2 nitrogen and oxygen atoms in total. The molecule has 4 heteroatoms. The number of ether oxygens (including phenoxy) is 1. The number of nitrogens with one attached hydrogen (secondary N) is 1. The van der Waals surface area contributed by atoms with Crippen LogP contribution in [0, 0.1) is 11.7 Å². The Labute approximate surface area is 98.0 Å². The van der Waals surface area contributed by atoms with Crippen molar-refractivity contribution in [3.05, 3.63) is 28.5 Å². The van der Waals surface area contributed by atoms with Crippen molar-refractivity contribution in [2.24, 2.45) is 5.92 Å². The SMILES string of the molecule is CNCC(C)COc1cc(F)ccc1Br. The zero-order valence-corrected chi connectivity index (χ0v) is 10.5. The van der Waals surface area contributed by atoms with E-state index in [1.807, 2.05) is 7.05 Å². The maximum Gasteiger partial charge on any atom is 0.136 e. The summed E-state index contributed by atoms with van der Waals surface area (Å²) in [5.41, 5.74) is 0. The highest BCUT2D eigenvalue weighted by molar-refractivity contribution is 9.10. The summed E-state index contributed by atoms with van der Waals surface area (Å²) in [6.07, 6.45) is 0. The molecule has 1 N–H and O–H groups in total. The molecule has 1 rings (SSSR count). The molecule has 0 aliphatic carbocycles. The standard InChI is InChI=1S/C11H15BrFNO/c1-8(6-14-2)7-15-11-5-9(13)3-4-10(11)12/h3-5,8,14H,6-7H2,1-2H3. The van der Waals surface area contributed by atoms with E-state index >= 15 is 0 Å². The van der Waals surface area contributed by atoms with E-state index < -0.39 is 0 Å². The molecule has 84 valence electrons. The van der Waals surface area contributed by atoms with Crippen LogP contribution in [-0.2, 0) is 0 Å². The van der Waals surface area contributed by atoms with Gasteiger partial charge in [-0.1, -0.05) is 6.92 Å². The van der Waals surface area contributed by atoms with Gasteiger partial charge in [0.25, 0.3) is 0 Å². The Morgan fingerprint density at radius 2 is 2.27 bits per heavy atom.